The van der Waals surface area contributed by atoms with Crippen LogP contribution >= 0.6 is 0 Å². The van der Waals surface area contributed by atoms with Gasteiger partial charge in [0, 0.05) is 35.9 Å². The number of para-hydroxylation sites is 1. The molecule has 3 aromatic rings. The van der Waals surface area contributed by atoms with Crippen molar-refractivity contribution in [2.24, 2.45) is 0 Å². The monoisotopic (exact) mass is 279 g/mol. The molecule has 0 saturated carbocycles. The number of hydrogen-bond acceptors (Lipinski definition) is 1. The average molecular weight is 279 g/mol. The fourth-order valence-corrected chi connectivity index (χ4v) is 3.20. The van der Waals surface area contributed by atoms with Gasteiger partial charge in [0.05, 0.1) is 6.04 Å². The summed E-state index contributed by atoms with van der Waals surface area (Å²) in [6.07, 6.45) is 2.08. The SMILES string of the molecule is CC1c2cccn2CCN1C(=O)c1cc2ccccc2[nH]1. The van der Waals surface area contributed by atoms with Crippen molar-refractivity contribution in [1.29, 1.82) is 0 Å². The van der Waals surface area contributed by atoms with Gasteiger partial charge < -0.3 is 14.5 Å². The topological polar surface area (TPSA) is 41.0 Å². The molecule has 0 saturated heterocycles. The first kappa shape index (κ1) is 12.3. The highest BCUT2D eigenvalue weighted by molar-refractivity contribution is 5.98. The Balaban J connectivity index is 1.69. The molecule has 106 valence electrons. The highest BCUT2D eigenvalue weighted by Gasteiger charge is 2.28. The first-order valence-corrected chi connectivity index (χ1v) is 7.28. The molecular formula is C17H17N3O. The van der Waals surface area contributed by atoms with Crippen LogP contribution in [-0.2, 0) is 6.54 Å². The van der Waals surface area contributed by atoms with Gasteiger partial charge in [0.25, 0.3) is 5.91 Å². The van der Waals surface area contributed by atoms with Gasteiger partial charge in [-0.1, -0.05) is 18.2 Å². The third-order valence-electron chi connectivity index (χ3n) is 4.36. The van der Waals surface area contributed by atoms with Crippen molar-refractivity contribution in [3.8, 4) is 0 Å². The molecule has 1 unspecified atom stereocenters. The molecule has 0 spiro atoms. The molecule has 4 nitrogen and oxygen atoms in total. The molecule has 0 aliphatic carbocycles. The largest absolute Gasteiger partial charge is 0.351 e. The highest BCUT2D eigenvalue weighted by Crippen LogP contribution is 2.27. The van der Waals surface area contributed by atoms with Gasteiger partial charge >= 0.3 is 0 Å². The number of hydrogen-bond donors (Lipinski definition) is 1. The molecule has 1 aromatic carbocycles. The fraction of sp³-hybridized carbons (Fsp3) is 0.235. The summed E-state index contributed by atoms with van der Waals surface area (Å²) in [5.74, 6) is 0.0751. The van der Waals surface area contributed by atoms with Gasteiger partial charge in [-0.2, -0.15) is 0 Å². The zero-order chi connectivity index (χ0) is 14.4. The van der Waals surface area contributed by atoms with E-state index in [-0.39, 0.29) is 11.9 Å². The van der Waals surface area contributed by atoms with Crippen molar-refractivity contribution < 1.29 is 4.79 Å². The third kappa shape index (κ3) is 1.87. The number of H-pyrrole nitrogens is 1. The number of amides is 1. The summed E-state index contributed by atoms with van der Waals surface area (Å²) in [7, 11) is 0. The lowest BCUT2D eigenvalue weighted by atomic mass is 10.1. The van der Waals surface area contributed by atoms with E-state index in [0.717, 1.165) is 24.0 Å². The molecule has 2 aromatic heterocycles. The molecule has 1 N–H and O–H groups in total. The van der Waals surface area contributed by atoms with Gasteiger partial charge in [0.1, 0.15) is 5.69 Å². The second-order valence-electron chi connectivity index (χ2n) is 5.57. The lowest BCUT2D eigenvalue weighted by molar-refractivity contribution is 0.0639. The molecule has 21 heavy (non-hydrogen) atoms. The quantitative estimate of drug-likeness (QED) is 0.730. The number of aromatic nitrogens is 2. The molecule has 1 amide bonds. The Hall–Kier alpha value is -2.49. The van der Waals surface area contributed by atoms with Crippen LogP contribution in [0.15, 0.2) is 48.7 Å². The summed E-state index contributed by atoms with van der Waals surface area (Å²) < 4.78 is 2.22. The number of aromatic amines is 1. The summed E-state index contributed by atoms with van der Waals surface area (Å²) in [4.78, 5) is 18.0. The van der Waals surface area contributed by atoms with Crippen LogP contribution in [0.2, 0.25) is 0 Å². The van der Waals surface area contributed by atoms with Gasteiger partial charge in [-0.05, 0) is 31.2 Å². The van der Waals surface area contributed by atoms with Crippen LogP contribution in [0.4, 0.5) is 0 Å². The summed E-state index contributed by atoms with van der Waals surface area (Å²) in [6.45, 7) is 3.70. The normalized spacial score (nSPS) is 18.0. The van der Waals surface area contributed by atoms with E-state index in [4.69, 9.17) is 0 Å². The number of carbonyl (C=O) groups is 1. The van der Waals surface area contributed by atoms with Gasteiger partial charge in [0.2, 0.25) is 0 Å². The number of benzene rings is 1. The predicted octanol–water partition coefficient (Wildman–Crippen LogP) is 3.19. The van der Waals surface area contributed by atoms with Gasteiger partial charge in [0.15, 0.2) is 0 Å². The van der Waals surface area contributed by atoms with Crippen molar-refractivity contribution in [3.05, 3.63) is 60.0 Å². The average Bonchev–Trinajstić information content (AvgIpc) is 3.13. The molecule has 0 bridgehead atoms. The van der Waals surface area contributed by atoms with E-state index >= 15 is 0 Å². The van der Waals surface area contributed by atoms with E-state index < -0.39 is 0 Å². The number of nitrogens with zero attached hydrogens (tertiary/aromatic N) is 2. The van der Waals surface area contributed by atoms with Gasteiger partial charge in [-0.3, -0.25) is 4.79 Å². The van der Waals surface area contributed by atoms with Crippen molar-refractivity contribution in [2.45, 2.75) is 19.5 Å². The minimum absolute atomic E-state index is 0.0751. The maximum Gasteiger partial charge on any atom is 0.270 e. The standard InChI is InChI=1S/C17H17N3O/c1-12-16-7-4-8-19(16)9-10-20(12)17(21)15-11-13-5-2-3-6-14(13)18-15/h2-8,11-12,18H,9-10H2,1H3. The van der Waals surface area contributed by atoms with Gasteiger partial charge in [-0.15, -0.1) is 0 Å². The highest BCUT2D eigenvalue weighted by atomic mass is 16.2. The molecule has 3 heterocycles. The van der Waals surface area contributed by atoms with Crippen LogP contribution < -0.4 is 0 Å². The molecule has 0 fully saturated rings. The molecule has 4 rings (SSSR count). The Kier molecular flexibility index (Phi) is 2.64. The zero-order valence-corrected chi connectivity index (χ0v) is 11.9. The fourth-order valence-electron chi connectivity index (χ4n) is 3.20. The lowest BCUT2D eigenvalue weighted by Crippen LogP contribution is -2.40. The first-order valence-electron chi connectivity index (χ1n) is 7.28. The zero-order valence-electron chi connectivity index (χ0n) is 11.9. The van der Waals surface area contributed by atoms with Crippen LogP contribution in [0, 0.1) is 0 Å². The van der Waals surface area contributed by atoms with Crippen molar-refractivity contribution >= 4 is 16.8 Å². The molecule has 4 heteroatoms. The molecule has 1 atom stereocenters. The Bertz CT molecular complexity index is 781. The van der Waals surface area contributed by atoms with E-state index in [1.165, 1.54) is 5.69 Å². The summed E-state index contributed by atoms with van der Waals surface area (Å²) in [6, 6.07) is 14.2. The minimum atomic E-state index is 0.0751. The predicted molar refractivity (Wildman–Crippen MR) is 82.2 cm³/mol. The number of nitrogens with one attached hydrogen (secondary N) is 1. The molecular weight excluding hydrogens is 262 g/mol. The van der Waals surface area contributed by atoms with Crippen molar-refractivity contribution in [1.82, 2.24) is 14.5 Å². The molecule has 1 aliphatic rings. The maximum absolute atomic E-state index is 12.8. The summed E-state index contributed by atoms with van der Waals surface area (Å²) in [5.41, 5.74) is 2.88. The number of rotatable bonds is 1. The Morgan fingerprint density at radius 1 is 1.19 bits per heavy atom. The summed E-state index contributed by atoms with van der Waals surface area (Å²) >= 11 is 0. The molecule has 1 aliphatic heterocycles. The van der Waals surface area contributed by atoms with E-state index in [9.17, 15) is 4.79 Å². The Morgan fingerprint density at radius 3 is 2.90 bits per heavy atom. The van der Waals surface area contributed by atoms with E-state index in [1.807, 2.05) is 41.3 Å². The second-order valence-corrected chi connectivity index (χ2v) is 5.57. The van der Waals surface area contributed by atoms with Crippen LogP contribution in [-0.4, -0.2) is 26.9 Å². The second kappa shape index (κ2) is 4.52. The lowest BCUT2D eigenvalue weighted by Gasteiger charge is -2.34. The Labute approximate surface area is 123 Å². The van der Waals surface area contributed by atoms with Gasteiger partial charge in [-0.25, -0.2) is 0 Å². The van der Waals surface area contributed by atoms with E-state index in [1.54, 1.807) is 0 Å². The maximum atomic E-state index is 12.8. The Morgan fingerprint density at radius 2 is 2.05 bits per heavy atom. The molecule has 0 radical (unpaired) electrons. The smallest absolute Gasteiger partial charge is 0.270 e. The number of carbonyl (C=O) groups excluding carboxylic acids is 1. The summed E-state index contributed by atoms with van der Waals surface area (Å²) in [5, 5.41) is 1.08. The van der Waals surface area contributed by atoms with Crippen LogP contribution in [0.1, 0.15) is 29.1 Å². The van der Waals surface area contributed by atoms with Crippen LogP contribution in [0.25, 0.3) is 10.9 Å². The minimum Gasteiger partial charge on any atom is -0.351 e. The van der Waals surface area contributed by atoms with E-state index in [2.05, 4.69) is 28.7 Å². The van der Waals surface area contributed by atoms with Crippen molar-refractivity contribution in [2.75, 3.05) is 6.54 Å². The number of fused-ring (bicyclic) bond motifs is 2. The third-order valence-corrected chi connectivity index (χ3v) is 4.36. The van der Waals surface area contributed by atoms with Crippen molar-refractivity contribution in [3.63, 3.8) is 0 Å². The van der Waals surface area contributed by atoms with Crippen LogP contribution in [0.5, 0.6) is 0 Å². The van der Waals surface area contributed by atoms with Crippen LogP contribution in [0.3, 0.4) is 0 Å². The van der Waals surface area contributed by atoms with E-state index in [0.29, 0.717) is 5.69 Å². The first-order chi connectivity index (χ1) is 10.2.